The van der Waals surface area contributed by atoms with E-state index in [9.17, 15) is 29.2 Å². The van der Waals surface area contributed by atoms with Gasteiger partial charge in [0.2, 0.25) is 5.91 Å². The number of benzene rings is 1. The Morgan fingerprint density at radius 3 is 2.61 bits per heavy atom. The molecule has 49 heavy (non-hydrogen) atoms. The minimum Gasteiger partial charge on any atom is -0.394 e. The number of hydrogen-bond donors (Lipinski definition) is 5. The largest absolute Gasteiger partial charge is 0.394 e. The number of aliphatic hydroxyl groups is 2. The van der Waals surface area contributed by atoms with Gasteiger partial charge in [0.15, 0.2) is 24.0 Å². The zero-order valence-corrected chi connectivity index (χ0v) is 27.7. The van der Waals surface area contributed by atoms with Crippen LogP contribution in [0.5, 0.6) is 0 Å². The minimum atomic E-state index is -4.38. The number of methoxy groups -OCH3 is 1. The number of fused-ring (bicyclic) bond motifs is 1. The highest BCUT2D eigenvalue weighted by Gasteiger charge is 2.52. The molecule has 5 heterocycles. The van der Waals surface area contributed by atoms with Gasteiger partial charge in [0.25, 0.3) is 5.56 Å². The number of carbonyl (C=O) groups is 1. The molecule has 6 N–H and O–H groups in total. The van der Waals surface area contributed by atoms with Gasteiger partial charge in [0.1, 0.15) is 42.5 Å². The summed E-state index contributed by atoms with van der Waals surface area (Å²) in [5.41, 5.74) is 6.40. The molecule has 4 aromatic rings. The summed E-state index contributed by atoms with van der Waals surface area (Å²) >= 11 is 0.770. The predicted octanol–water partition coefficient (Wildman–Crippen LogP) is 0.871. The molecule has 0 bridgehead atoms. The summed E-state index contributed by atoms with van der Waals surface area (Å²) < 4.78 is 46.9. The van der Waals surface area contributed by atoms with Crippen molar-refractivity contribution in [2.24, 2.45) is 0 Å². The van der Waals surface area contributed by atoms with Crippen LogP contribution in [0.25, 0.3) is 11.2 Å². The summed E-state index contributed by atoms with van der Waals surface area (Å²) in [5.74, 6) is -0.0139. The Labute approximate surface area is 281 Å². The zero-order chi connectivity index (χ0) is 34.9. The van der Waals surface area contributed by atoms with Crippen LogP contribution >= 0.6 is 18.2 Å². The SMILES string of the molecule is CO[C@H]1C(OP(=O)(O[C@H]2O[C@@H](n3cnc4c(N)ncnc43)C[C@H]2O)SCc2ccc(NC(C)=O)cc2)[C@@H](CO)O[C@H]1n1ccc(=O)[nH]c1=O. The molecule has 8 atom stereocenters. The van der Waals surface area contributed by atoms with Crippen LogP contribution < -0.4 is 22.3 Å². The minimum absolute atomic E-state index is 0.000979. The average Bonchev–Trinajstić information content (AvgIpc) is 3.75. The monoisotopic (exact) mass is 720 g/mol. The second-order valence-electron chi connectivity index (χ2n) is 11.1. The molecule has 0 spiro atoms. The van der Waals surface area contributed by atoms with Crippen molar-refractivity contribution in [1.29, 1.82) is 0 Å². The lowest BCUT2D eigenvalue weighted by Gasteiger charge is -2.29. The van der Waals surface area contributed by atoms with E-state index in [2.05, 4.69) is 25.3 Å². The van der Waals surface area contributed by atoms with E-state index < -0.39 is 67.8 Å². The van der Waals surface area contributed by atoms with Gasteiger partial charge in [0.05, 0.1) is 12.9 Å². The number of imidazole rings is 1. The number of carbonyl (C=O) groups excluding carboxylic acids is 1. The number of H-pyrrole nitrogens is 1. The molecule has 3 aromatic heterocycles. The fourth-order valence-corrected chi connectivity index (χ4v) is 8.97. The number of nitrogens with one attached hydrogen (secondary N) is 2. The summed E-state index contributed by atoms with van der Waals surface area (Å²) in [7, 11) is 1.31. The molecular weight excluding hydrogens is 687 g/mol. The standard InChI is InChI=1S/C28H33N8O11PS/c1-14(38)33-16-5-3-15(4-6-16)11-49-48(42,46-22-18(10-37)44-26(23(22)43-2)35-8-7-19(40)34-28(35)41)47-27-17(39)9-20(45-27)36-13-32-21-24(29)30-12-31-25(21)36/h3-8,12-13,17-18,20,22-23,26-27,37,39H,9-11H2,1-2H3,(H,33,38)(H2,29,30,31)(H,34,40,41)/t17-,18-,20-,22?,23+,26-,27-,48?/m1/s1. The normalized spacial score (nSPS) is 26.6. The smallest absolute Gasteiger partial charge is 0.392 e. The highest BCUT2D eigenvalue weighted by molar-refractivity contribution is 8.54. The van der Waals surface area contributed by atoms with Crippen molar-refractivity contribution in [3.63, 3.8) is 0 Å². The number of nitrogens with two attached hydrogens (primary N) is 1. The van der Waals surface area contributed by atoms with Crippen LogP contribution in [0, 0.1) is 0 Å². The molecule has 2 unspecified atom stereocenters. The molecule has 6 rings (SSSR count). The van der Waals surface area contributed by atoms with Gasteiger partial charge >= 0.3 is 12.5 Å². The maximum atomic E-state index is 14.7. The first-order valence-electron chi connectivity index (χ1n) is 14.8. The number of hydrogen-bond acceptors (Lipinski definition) is 16. The van der Waals surface area contributed by atoms with Crippen molar-refractivity contribution < 1.29 is 42.8 Å². The highest BCUT2D eigenvalue weighted by atomic mass is 32.7. The summed E-state index contributed by atoms with van der Waals surface area (Å²) in [5, 5.41) is 23.9. The van der Waals surface area contributed by atoms with E-state index in [0.717, 1.165) is 22.0 Å². The lowest BCUT2D eigenvalue weighted by molar-refractivity contribution is -0.131. The number of ether oxygens (including phenoxy) is 3. The molecule has 2 saturated heterocycles. The molecular formula is C28H33N8O11PS. The molecule has 2 aliphatic rings. The number of amides is 1. The highest BCUT2D eigenvalue weighted by Crippen LogP contribution is 2.65. The van der Waals surface area contributed by atoms with E-state index in [1.54, 1.807) is 24.3 Å². The van der Waals surface area contributed by atoms with Gasteiger partial charge in [-0.3, -0.25) is 32.8 Å². The van der Waals surface area contributed by atoms with E-state index in [1.807, 2.05) is 0 Å². The number of rotatable bonds is 12. The van der Waals surface area contributed by atoms with Crippen molar-refractivity contribution >= 4 is 46.8 Å². The molecule has 1 amide bonds. The van der Waals surface area contributed by atoms with E-state index in [-0.39, 0.29) is 23.9 Å². The number of aromatic amines is 1. The van der Waals surface area contributed by atoms with Gasteiger partial charge in [-0.1, -0.05) is 12.1 Å². The van der Waals surface area contributed by atoms with E-state index in [0.29, 0.717) is 22.4 Å². The summed E-state index contributed by atoms with van der Waals surface area (Å²) in [6.07, 6.45) is -4.46. The quantitative estimate of drug-likeness (QED) is 0.127. The molecule has 0 radical (unpaired) electrons. The van der Waals surface area contributed by atoms with Crippen molar-refractivity contribution in [1.82, 2.24) is 29.1 Å². The number of aliphatic hydroxyl groups excluding tert-OH is 2. The molecule has 0 aliphatic carbocycles. The first-order valence-corrected chi connectivity index (χ1v) is 18.0. The van der Waals surface area contributed by atoms with Gasteiger partial charge < -0.3 is 35.5 Å². The molecule has 262 valence electrons. The Kier molecular flexibility index (Phi) is 10.3. The third kappa shape index (κ3) is 7.47. The summed E-state index contributed by atoms with van der Waals surface area (Å²) in [6, 6.07) is 7.88. The third-order valence-corrected chi connectivity index (χ3v) is 11.4. The van der Waals surface area contributed by atoms with Gasteiger partial charge in [-0.25, -0.2) is 24.3 Å². The summed E-state index contributed by atoms with van der Waals surface area (Å²) in [6.45, 7) is -3.62. The number of aromatic nitrogens is 6. The van der Waals surface area contributed by atoms with Crippen LogP contribution in [0.1, 0.15) is 31.4 Å². The van der Waals surface area contributed by atoms with Gasteiger partial charge in [-0.05, 0) is 29.1 Å². The second-order valence-corrected chi connectivity index (χ2v) is 15.1. The fraction of sp³-hybridized carbons (Fsp3) is 0.429. The second kappa shape index (κ2) is 14.5. The Hall–Kier alpha value is -3.98. The van der Waals surface area contributed by atoms with E-state index in [4.69, 9.17) is 29.0 Å². The first-order chi connectivity index (χ1) is 23.5. The van der Waals surface area contributed by atoms with Crippen LogP contribution in [-0.4, -0.2) is 89.6 Å². The molecule has 0 saturated carbocycles. The Morgan fingerprint density at radius 2 is 1.92 bits per heavy atom. The maximum Gasteiger partial charge on any atom is 0.392 e. The van der Waals surface area contributed by atoms with Gasteiger partial charge in [0, 0.05) is 44.2 Å². The van der Waals surface area contributed by atoms with Crippen molar-refractivity contribution in [2.45, 2.75) is 62.3 Å². The lowest BCUT2D eigenvalue weighted by Crippen LogP contribution is -2.40. The Balaban J connectivity index is 1.27. The molecule has 19 nitrogen and oxygen atoms in total. The lowest BCUT2D eigenvalue weighted by atomic mass is 10.1. The molecule has 2 aliphatic heterocycles. The van der Waals surface area contributed by atoms with Crippen molar-refractivity contribution in [3.05, 3.63) is 75.6 Å². The number of anilines is 2. The third-order valence-electron chi connectivity index (χ3n) is 7.76. The summed E-state index contributed by atoms with van der Waals surface area (Å²) in [4.78, 5) is 50.2. The molecule has 2 fully saturated rings. The fourth-order valence-electron chi connectivity index (χ4n) is 5.46. The van der Waals surface area contributed by atoms with Crippen LogP contribution in [0.4, 0.5) is 11.5 Å². The first kappa shape index (κ1) is 34.9. The molecule has 21 heteroatoms. The van der Waals surface area contributed by atoms with Crippen molar-refractivity contribution in [2.75, 3.05) is 24.8 Å². The number of nitrogen functional groups attached to an aromatic ring is 1. The van der Waals surface area contributed by atoms with Crippen LogP contribution in [-0.2, 0) is 38.4 Å². The average molecular weight is 721 g/mol. The Bertz CT molecular complexity index is 1970. The predicted molar refractivity (Wildman–Crippen MR) is 173 cm³/mol. The van der Waals surface area contributed by atoms with Gasteiger partial charge in [-0.15, -0.1) is 0 Å². The number of nitrogens with zero attached hydrogens (tertiary/aromatic N) is 5. The molecule has 1 aromatic carbocycles. The Morgan fingerprint density at radius 1 is 1.14 bits per heavy atom. The van der Waals surface area contributed by atoms with Gasteiger partial charge in [-0.2, -0.15) is 0 Å². The van der Waals surface area contributed by atoms with Crippen LogP contribution in [0.2, 0.25) is 0 Å². The zero-order valence-electron chi connectivity index (χ0n) is 26.0. The van der Waals surface area contributed by atoms with E-state index >= 15 is 0 Å². The van der Waals surface area contributed by atoms with E-state index in [1.165, 1.54) is 37.5 Å². The van der Waals surface area contributed by atoms with Crippen LogP contribution in [0.3, 0.4) is 0 Å². The van der Waals surface area contributed by atoms with Crippen LogP contribution in [0.15, 0.2) is 58.8 Å². The van der Waals surface area contributed by atoms with Crippen molar-refractivity contribution in [3.8, 4) is 0 Å². The topological polar surface area (TPSA) is 257 Å². The maximum absolute atomic E-state index is 14.7.